The fourth-order valence-corrected chi connectivity index (χ4v) is 3.05. The summed E-state index contributed by atoms with van der Waals surface area (Å²) in [4.78, 5) is 0. The molecule has 0 aliphatic rings. The Bertz CT molecular complexity index is 620. The van der Waals surface area contributed by atoms with Crippen LogP contribution in [-0.4, -0.2) is 6.54 Å². The largest absolute Gasteiger partial charge is 0.306 e. The lowest BCUT2D eigenvalue weighted by atomic mass is 9.97. The zero-order valence-corrected chi connectivity index (χ0v) is 13.4. The van der Waals surface area contributed by atoms with Gasteiger partial charge in [-0.15, -0.1) is 0 Å². The Morgan fingerprint density at radius 1 is 1.10 bits per heavy atom. The maximum absolute atomic E-state index is 14.0. The molecule has 0 aromatic heterocycles. The van der Waals surface area contributed by atoms with Crippen LogP contribution in [0.3, 0.4) is 0 Å². The number of hydrogen-bond acceptors (Lipinski definition) is 1. The molecule has 0 bridgehead atoms. The minimum absolute atomic E-state index is 0.229. The SMILES string of the molecule is CCNC(c1cc(Cl)cc(Br)c1)c1c(F)cc(F)cc1F. The van der Waals surface area contributed by atoms with E-state index in [2.05, 4.69) is 21.2 Å². The summed E-state index contributed by atoms with van der Waals surface area (Å²) < 4.78 is 41.8. The Kier molecular flexibility index (Phi) is 5.30. The van der Waals surface area contributed by atoms with Gasteiger partial charge in [-0.05, 0) is 30.3 Å². The predicted molar refractivity (Wildman–Crippen MR) is 81.0 cm³/mol. The fourth-order valence-electron chi connectivity index (χ4n) is 2.16. The summed E-state index contributed by atoms with van der Waals surface area (Å²) in [5, 5.41) is 3.42. The van der Waals surface area contributed by atoms with Gasteiger partial charge < -0.3 is 5.32 Å². The van der Waals surface area contributed by atoms with E-state index in [1.54, 1.807) is 18.2 Å². The van der Waals surface area contributed by atoms with Crippen LogP contribution in [0.15, 0.2) is 34.8 Å². The van der Waals surface area contributed by atoms with E-state index in [1.165, 1.54) is 0 Å². The second-order valence-corrected chi connectivity index (χ2v) is 5.83. The first-order valence-electron chi connectivity index (χ1n) is 6.26. The van der Waals surface area contributed by atoms with Crippen molar-refractivity contribution in [3.8, 4) is 0 Å². The smallest absolute Gasteiger partial charge is 0.134 e. The molecule has 21 heavy (non-hydrogen) atoms. The lowest BCUT2D eigenvalue weighted by Gasteiger charge is -2.21. The van der Waals surface area contributed by atoms with Gasteiger partial charge in [0, 0.05) is 27.2 Å². The molecule has 0 amide bonds. The van der Waals surface area contributed by atoms with Crippen LogP contribution < -0.4 is 5.32 Å². The van der Waals surface area contributed by atoms with Crippen molar-refractivity contribution in [2.24, 2.45) is 0 Å². The quantitative estimate of drug-likeness (QED) is 0.769. The molecule has 1 N–H and O–H groups in total. The predicted octanol–water partition coefficient (Wildman–Crippen LogP) is 5.22. The Hall–Kier alpha value is -1.04. The van der Waals surface area contributed by atoms with Crippen LogP contribution in [0, 0.1) is 17.5 Å². The molecule has 1 atom stereocenters. The highest BCUT2D eigenvalue weighted by Crippen LogP contribution is 2.31. The monoisotopic (exact) mass is 377 g/mol. The topological polar surface area (TPSA) is 12.0 Å². The second-order valence-electron chi connectivity index (χ2n) is 4.48. The molecule has 0 aliphatic carbocycles. The minimum Gasteiger partial charge on any atom is -0.306 e. The maximum atomic E-state index is 14.0. The van der Waals surface area contributed by atoms with Gasteiger partial charge in [-0.1, -0.05) is 34.5 Å². The molecule has 1 nitrogen and oxygen atoms in total. The highest BCUT2D eigenvalue weighted by molar-refractivity contribution is 9.10. The van der Waals surface area contributed by atoms with Gasteiger partial charge in [0.2, 0.25) is 0 Å². The number of nitrogens with one attached hydrogen (secondary N) is 1. The summed E-state index contributed by atoms with van der Waals surface area (Å²) >= 11 is 9.28. The zero-order chi connectivity index (χ0) is 15.6. The van der Waals surface area contributed by atoms with E-state index in [0.717, 1.165) is 0 Å². The summed E-state index contributed by atoms with van der Waals surface area (Å²) in [5.74, 6) is -2.82. The fraction of sp³-hybridized carbons (Fsp3) is 0.200. The van der Waals surface area contributed by atoms with Gasteiger partial charge in [-0.3, -0.25) is 0 Å². The molecule has 1 unspecified atom stereocenters. The van der Waals surface area contributed by atoms with Crippen molar-refractivity contribution in [1.29, 1.82) is 0 Å². The molecule has 2 rings (SSSR count). The number of rotatable bonds is 4. The molecule has 0 saturated carbocycles. The normalized spacial score (nSPS) is 12.5. The van der Waals surface area contributed by atoms with Gasteiger partial charge in [0.15, 0.2) is 0 Å². The third-order valence-electron chi connectivity index (χ3n) is 2.96. The van der Waals surface area contributed by atoms with Gasteiger partial charge in [0.1, 0.15) is 17.5 Å². The molecular weight excluding hydrogens is 367 g/mol. The Balaban J connectivity index is 2.58. The Morgan fingerprint density at radius 3 is 2.24 bits per heavy atom. The van der Waals surface area contributed by atoms with E-state index < -0.39 is 23.5 Å². The van der Waals surface area contributed by atoms with Gasteiger partial charge >= 0.3 is 0 Å². The van der Waals surface area contributed by atoms with Crippen LogP contribution in [0.25, 0.3) is 0 Å². The van der Waals surface area contributed by atoms with Crippen molar-refractivity contribution in [3.63, 3.8) is 0 Å². The van der Waals surface area contributed by atoms with Crippen molar-refractivity contribution in [1.82, 2.24) is 5.32 Å². The van der Waals surface area contributed by atoms with Gasteiger partial charge in [-0.25, -0.2) is 13.2 Å². The van der Waals surface area contributed by atoms with E-state index in [9.17, 15) is 13.2 Å². The second kappa shape index (κ2) is 6.81. The summed E-state index contributed by atoms with van der Waals surface area (Å²) in [7, 11) is 0. The number of benzene rings is 2. The van der Waals surface area contributed by atoms with Gasteiger partial charge in [0.25, 0.3) is 0 Å². The zero-order valence-electron chi connectivity index (χ0n) is 11.1. The van der Waals surface area contributed by atoms with Gasteiger partial charge in [-0.2, -0.15) is 0 Å². The van der Waals surface area contributed by atoms with E-state index in [4.69, 9.17) is 11.6 Å². The molecule has 2 aromatic carbocycles. The lowest BCUT2D eigenvalue weighted by molar-refractivity contribution is 0.492. The first-order chi connectivity index (χ1) is 9.92. The highest BCUT2D eigenvalue weighted by Gasteiger charge is 2.23. The molecular formula is C15H12BrClF3N. The van der Waals surface area contributed by atoms with Crippen molar-refractivity contribution in [3.05, 3.63) is 68.4 Å². The van der Waals surface area contributed by atoms with Crippen LogP contribution in [0.2, 0.25) is 5.02 Å². The number of halogens is 5. The van der Waals surface area contributed by atoms with E-state index in [0.29, 0.717) is 33.7 Å². The summed E-state index contributed by atoms with van der Waals surface area (Å²) in [6, 6.07) is 5.57. The van der Waals surface area contributed by atoms with Crippen LogP contribution in [0.4, 0.5) is 13.2 Å². The molecule has 0 saturated heterocycles. The van der Waals surface area contributed by atoms with E-state index >= 15 is 0 Å². The van der Waals surface area contributed by atoms with Crippen LogP contribution in [0.1, 0.15) is 24.1 Å². The summed E-state index contributed by atoms with van der Waals surface area (Å²) in [6.07, 6.45) is 0. The molecule has 112 valence electrons. The Morgan fingerprint density at radius 2 is 1.71 bits per heavy atom. The van der Waals surface area contributed by atoms with Gasteiger partial charge in [0.05, 0.1) is 6.04 Å². The van der Waals surface area contributed by atoms with E-state index in [-0.39, 0.29) is 5.56 Å². The van der Waals surface area contributed by atoms with Crippen LogP contribution >= 0.6 is 27.5 Å². The molecule has 0 aliphatic heterocycles. The molecule has 0 spiro atoms. The average Bonchev–Trinajstić information content (AvgIpc) is 2.35. The van der Waals surface area contributed by atoms with Crippen LogP contribution in [-0.2, 0) is 0 Å². The first-order valence-corrected chi connectivity index (χ1v) is 7.43. The number of hydrogen-bond donors (Lipinski definition) is 1. The molecule has 2 aromatic rings. The maximum Gasteiger partial charge on any atom is 0.134 e. The minimum atomic E-state index is -0.948. The van der Waals surface area contributed by atoms with Crippen molar-refractivity contribution >= 4 is 27.5 Å². The molecule has 6 heteroatoms. The van der Waals surface area contributed by atoms with Crippen LogP contribution in [0.5, 0.6) is 0 Å². The third-order valence-corrected chi connectivity index (χ3v) is 3.64. The molecule has 0 fully saturated rings. The van der Waals surface area contributed by atoms with E-state index in [1.807, 2.05) is 6.92 Å². The molecule has 0 radical (unpaired) electrons. The first kappa shape index (κ1) is 16.3. The van der Waals surface area contributed by atoms with Crippen molar-refractivity contribution in [2.75, 3.05) is 6.54 Å². The van der Waals surface area contributed by atoms with Crippen molar-refractivity contribution < 1.29 is 13.2 Å². The standard InChI is InChI=1S/C15H12BrClF3N/c1-2-21-15(8-3-9(16)5-10(17)4-8)14-12(19)6-11(18)7-13(14)20/h3-7,15,21H,2H2,1H3. The van der Waals surface area contributed by atoms with Crippen molar-refractivity contribution in [2.45, 2.75) is 13.0 Å². The summed E-state index contributed by atoms with van der Waals surface area (Å²) in [5.41, 5.74) is 0.355. The lowest BCUT2D eigenvalue weighted by Crippen LogP contribution is -2.24. The Labute approximate surface area is 134 Å². The highest BCUT2D eigenvalue weighted by atomic mass is 79.9. The summed E-state index contributed by atoms with van der Waals surface area (Å²) in [6.45, 7) is 2.29. The average molecular weight is 379 g/mol. The molecule has 0 heterocycles. The third kappa shape index (κ3) is 3.78.